The van der Waals surface area contributed by atoms with E-state index in [1.165, 1.54) is 31.3 Å². The van der Waals surface area contributed by atoms with Gasteiger partial charge in [0.1, 0.15) is 0 Å². The quantitative estimate of drug-likeness (QED) is 0.522. The first-order valence-corrected chi connectivity index (χ1v) is 8.85. The van der Waals surface area contributed by atoms with Gasteiger partial charge in [-0.15, -0.1) is 0 Å². The Morgan fingerprint density at radius 1 is 1.31 bits per heavy atom. The topological polar surface area (TPSA) is 18.5 Å². The molecule has 1 aliphatic rings. The van der Waals surface area contributed by atoms with Gasteiger partial charge >= 0.3 is 8.56 Å². The molecule has 0 unspecified atom stereocenters. The normalized spacial score (nSPS) is 26.0. The molecule has 1 saturated carbocycles. The van der Waals surface area contributed by atoms with Crippen molar-refractivity contribution in [3.05, 3.63) is 12.2 Å². The minimum absolute atomic E-state index is 0.710. The molecule has 0 bridgehead atoms. The molecule has 0 N–H and O–H groups in total. The molecule has 0 aromatic rings. The first kappa shape index (κ1) is 13.9. The fourth-order valence-corrected chi connectivity index (χ4v) is 4.17. The second-order valence-electron chi connectivity index (χ2n) is 5.16. The van der Waals surface area contributed by atoms with Crippen LogP contribution in [0.5, 0.6) is 0 Å². The highest BCUT2D eigenvalue weighted by atomic mass is 28.4. The third-order valence-corrected chi connectivity index (χ3v) is 6.93. The van der Waals surface area contributed by atoms with Crippen molar-refractivity contribution in [1.29, 1.82) is 0 Å². The van der Waals surface area contributed by atoms with E-state index in [1.807, 2.05) is 0 Å². The zero-order valence-electron chi connectivity index (χ0n) is 11.2. The Kier molecular flexibility index (Phi) is 5.22. The van der Waals surface area contributed by atoms with Crippen molar-refractivity contribution in [2.45, 2.75) is 45.2 Å². The van der Waals surface area contributed by atoms with Gasteiger partial charge in [0.05, 0.1) is 0 Å². The predicted molar refractivity (Wildman–Crippen MR) is 70.7 cm³/mol. The minimum Gasteiger partial charge on any atom is -0.398 e. The van der Waals surface area contributed by atoms with E-state index in [2.05, 4.69) is 20.0 Å². The summed E-state index contributed by atoms with van der Waals surface area (Å²) < 4.78 is 11.1. The van der Waals surface area contributed by atoms with E-state index in [0.717, 1.165) is 12.0 Å². The fourth-order valence-electron chi connectivity index (χ4n) is 2.60. The molecule has 16 heavy (non-hydrogen) atoms. The number of rotatable bonds is 6. The van der Waals surface area contributed by atoms with Crippen LogP contribution in [-0.4, -0.2) is 22.8 Å². The third-order valence-electron chi connectivity index (χ3n) is 4.11. The molecule has 1 rings (SSSR count). The van der Waals surface area contributed by atoms with Crippen LogP contribution in [0.3, 0.4) is 0 Å². The van der Waals surface area contributed by atoms with Crippen LogP contribution in [0.4, 0.5) is 0 Å². The summed E-state index contributed by atoms with van der Waals surface area (Å²) >= 11 is 0. The highest BCUT2D eigenvalue weighted by Gasteiger charge is 2.34. The molecule has 0 saturated heterocycles. The van der Waals surface area contributed by atoms with Crippen LogP contribution in [0.25, 0.3) is 0 Å². The molecule has 0 aromatic carbocycles. The lowest BCUT2D eigenvalue weighted by atomic mass is 9.98. The van der Waals surface area contributed by atoms with Gasteiger partial charge in [-0.1, -0.05) is 25.5 Å². The number of allylic oxidation sites excluding steroid dienone is 1. The smallest absolute Gasteiger partial charge is 0.338 e. The molecule has 0 heterocycles. The maximum absolute atomic E-state index is 5.53. The summed E-state index contributed by atoms with van der Waals surface area (Å²) in [5.74, 6) is 1.63. The molecule has 2 atom stereocenters. The monoisotopic (exact) mass is 242 g/mol. The second-order valence-corrected chi connectivity index (χ2v) is 8.60. The lowest BCUT2D eigenvalue weighted by molar-refractivity contribution is 0.251. The van der Waals surface area contributed by atoms with Gasteiger partial charge in [-0.2, -0.15) is 0 Å². The SMILES string of the molecule is C=C(C[Si](C)(OC)OC)[C@@H]1CC[C@H](CC)C1. The largest absolute Gasteiger partial charge is 0.398 e. The van der Waals surface area contributed by atoms with Crippen LogP contribution < -0.4 is 0 Å². The van der Waals surface area contributed by atoms with Gasteiger partial charge in [-0.3, -0.25) is 0 Å². The zero-order chi connectivity index (χ0) is 12.2. The van der Waals surface area contributed by atoms with E-state index in [4.69, 9.17) is 8.85 Å². The lowest BCUT2D eigenvalue weighted by Crippen LogP contribution is -2.36. The summed E-state index contributed by atoms with van der Waals surface area (Å²) in [4.78, 5) is 0. The van der Waals surface area contributed by atoms with Gasteiger partial charge < -0.3 is 8.85 Å². The molecule has 0 aliphatic heterocycles. The average Bonchev–Trinajstić information content (AvgIpc) is 2.77. The summed E-state index contributed by atoms with van der Waals surface area (Å²) in [5.41, 5.74) is 1.36. The molecule has 0 radical (unpaired) electrons. The molecule has 94 valence electrons. The first-order chi connectivity index (χ1) is 7.54. The van der Waals surface area contributed by atoms with E-state index in [-0.39, 0.29) is 0 Å². The average molecular weight is 242 g/mol. The van der Waals surface area contributed by atoms with Crippen LogP contribution in [0.2, 0.25) is 12.6 Å². The summed E-state index contributed by atoms with van der Waals surface area (Å²) in [6.07, 6.45) is 5.33. The second kappa shape index (κ2) is 5.99. The minimum atomic E-state index is -1.96. The molecule has 1 aliphatic carbocycles. The van der Waals surface area contributed by atoms with Crippen LogP contribution in [0, 0.1) is 11.8 Å². The highest BCUT2D eigenvalue weighted by molar-refractivity contribution is 6.66. The van der Waals surface area contributed by atoms with Crippen molar-refractivity contribution in [2.75, 3.05) is 14.2 Å². The first-order valence-electron chi connectivity index (χ1n) is 6.32. The standard InChI is InChI=1S/C13H26O2Si/c1-6-12-7-8-13(9-12)11(2)10-16(5,14-3)15-4/h12-13H,2,6-10H2,1,3-5H3/t12-,13+/m0/s1. The Morgan fingerprint density at radius 2 is 1.94 bits per heavy atom. The van der Waals surface area contributed by atoms with Crippen LogP contribution >= 0.6 is 0 Å². The van der Waals surface area contributed by atoms with Gasteiger partial charge in [-0.25, -0.2) is 0 Å². The zero-order valence-corrected chi connectivity index (χ0v) is 12.2. The fraction of sp³-hybridized carbons (Fsp3) is 0.846. The van der Waals surface area contributed by atoms with E-state index < -0.39 is 8.56 Å². The molecule has 0 amide bonds. The molecular weight excluding hydrogens is 216 g/mol. The van der Waals surface area contributed by atoms with Crippen molar-refractivity contribution >= 4 is 8.56 Å². The van der Waals surface area contributed by atoms with Crippen molar-refractivity contribution in [3.8, 4) is 0 Å². The predicted octanol–water partition coefficient (Wildman–Crippen LogP) is 3.73. The van der Waals surface area contributed by atoms with E-state index in [0.29, 0.717) is 5.92 Å². The van der Waals surface area contributed by atoms with Crippen LogP contribution in [-0.2, 0) is 8.85 Å². The van der Waals surface area contributed by atoms with Crippen molar-refractivity contribution < 1.29 is 8.85 Å². The van der Waals surface area contributed by atoms with Crippen LogP contribution in [0.1, 0.15) is 32.6 Å². The molecular formula is C13H26O2Si. The van der Waals surface area contributed by atoms with Gasteiger partial charge in [-0.05, 0) is 37.6 Å². The van der Waals surface area contributed by atoms with E-state index in [9.17, 15) is 0 Å². The maximum Gasteiger partial charge on any atom is 0.338 e. The Balaban J connectivity index is 2.47. The number of hydrogen-bond donors (Lipinski definition) is 0. The van der Waals surface area contributed by atoms with Gasteiger partial charge in [0, 0.05) is 20.3 Å². The Bertz CT molecular complexity index is 236. The van der Waals surface area contributed by atoms with E-state index in [1.54, 1.807) is 14.2 Å². The Labute approximate surface area is 101 Å². The lowest BCUT2D eigenvalue weighted by Gasteiger charge is -2.26. The molecule has 0 aromatic heterocycles. The van der Waals surface area contributed by atoms with Crippen molar-refractivity contribution in [1.82, 2.24) is 0 Å². The van der Waals surface area contributed by atoms with Crippen molar-refractivity contribution in [3.63, 3.8) is 0 Å². The molecule has 0 spiro atoms. The van der Waals surface area contributed by atoms with Gasteiger partial charge in [0.15, 0.2) is 0 Å². The van der Waals surface area contributed by atoms with Gasteiger partial charge in [0.25, 0.3) is 0 Å². The molecule has 2 nitrogen and oxygen atoms in total. The Morgan fingerprint density at radius 3 is 2.38 bits per heavy atom. The molecule has 1 fully saturated rings. The van der Waals surface area contributed by atoms with E-state index >= 15 is 0 Å². The third kappa shape index (κ3) is 3.44. The summed E-state index contributed by atoms with van der Waals surface area (Å²) in [7, 11) is 1.55. The summed E-state index contributed by atoms with van der Waals surface area (Å²) in [6, 6.07) is 0.946. The Hall–Kier alpha value is -0.123. The maximum atomic E-state index is 5.53. The van der Waals surface area contributed by atoms with Crippen LogP contribution in [0.15, 0.2) is 12.2 Å². The summed E-state index contributed by atoms with van der Waals surface area (Å²) in [6.45, 7) is 8.67. The van der Waals surface area contributed by atoms with Crippen molar-refractivity contribution in [2.24, 2.45) is 11.8 Å². The molecule has 3 heteroatoms. The highest BCUT2D eigenvalue weighted by Crippen LogP contribution is 2.39. The van der Waals surface area contributed by atoms with Gasteiger partial charge in [0.2, 0.25) is 0 Å². The summed E-state index contributed by atoms with van der Waals surface area (Å²) in [5, 5.41) is 0. The number of hydrogen-bond acceptors (Lipinski definition) is 2.